The third kappa shape index (κ3) is 4.07. The van der Waals surface area contributed by atoms with E-state index in [0.717, 1.165) is 12.0 Å². The summed E-state index contributed by atoms with van der Waals surface area (Å²) in [5.41, 5.74) is 1.41. The minimum absolute atomic E-state index is 0.293. The summed E-state index contributed by atoms with van der Waals surface area (Å²) in [5.74, 6) is -1.03. The molecule has 0 saturated heterocycles. The zero-order valence-electron chi connectivity index (χ0n) is 12.8. The predicted octanol–water partition coefficient (Wildman–Crippen LogP) is 3.88. The van der Waals surface area contributed by atoms with E-state index in [4.69, 9.17) is 5.11 Å². The van der Waals surface area contributed by atoms with Crippen LogP contribution >= 0.6 is 0 Å². The summed E-state index contributed by atoms with van der Waals surface area (Å²) in [5, 5.41) is 19.8. The van der Waals surface area contributed by atoms with Gasteiger partial charge in [0.05, 0.1) is 11.5 Å². The Hall–Kier alpha value is -1.35. The SMILES string of the molecule is CCCCCc1ccc(C2(O)CCC(C(=O)O)CC2)cc1. The largest absolute Gasteiger partial charge is 0.481 e. The van der Waals surface area contributed by atoms with E-state index in [-0.39, 0.29) is 5.92 Å². The van der Waals surface area contributed by atoms with Crippen LogP contribution in [-0.4, -0.2) is 16.2 Å². The lowest BCUT2D eigenvalue weighted by molar-refractivity contribution is -0.145. The second-order valence-corrected chi connectivity index (χ2v) is 6.30. The van der Waals surface area contributed by atoms with Gasteiger partial charge in [-0.2, -0.15) is 0 Å². The Labute approximate surface area is 127 Å². The highest BCUT2D eigenvalue weighted by Gasteiger charge is 2.36. The van der Waals surface area contributed by atoms with Crippen LogP contribution < -0.4 is 0 Å². The third-order valence-corrected chi connectivity index (χ3v) is 4.72. The molecule has 0 aliphatic heterocycles. The van der Waals surface area contributed by atoms with Crippen LogP contribution in [0.25, 0.3) is 0 Å². The molecule has 1 aromatic rings. The molecule has 1 aliphatic rings. The second kappa shape index (κ2) is 7.08. The second-order valence-electron chi connectivity index (χ2n) is 6.30. The topological polar surface area (TPSA) is 57.5 Å². The minimum Gasteiger partial charge on any atom is -0.481 e. The molecule has 1 aliphatic carbocycles. The molecule has 21 heavy (non-hydrogen) atoms. The van der Waals surface area contributed by atoms with Gasteiger partial charge in [0.2, 0.25) is 0 Å². The van der Waals surface area contributed by atoms with Gasteiger partial charge in [-0.05, 0) is 49.7 Å². The van der Waals surface area contributed by atoms with Crippen LogP contribution in [0, 0.1) is 5.92 Å². The Kier molecular flexibility index (Phi) is 5.40. The fraction of sp³-hybridized carbons (Fsp3) is 0.611. The normalized spacial score (nSPS) is 25.7. The van der Waals surface area contributed by atoms with Crippen molar-refractivity contribution in [3.05, 3.63) is 35.4 Å². The molecule has 0 spiro atoms. The van der Waals surface area contributed by atoms with Crippen LogP contribution in [0.3, 0.4) is 0 Å². The Morgan fingerprint density at radius 2 is 1.81 bits per heavy atom. The van der Waals surface area contributed by atoms with Gasteiger partial charge >= 0.3 is 5.97 Å². The average Bonchev–Trinajstić information content (AvgIpc) is 2.48. The monoisotopic (exact) mass is 290 g/mol. The molecule has 0 radical (unpaired) electrons. The molecule has 116 valence electrons. The molecule has 0 bridgehead atoms. The van der Waals surface area contributed by atoms with Gasteiger partial charge in [0, 0.05) is 0 Å². The Balaban J connectivity index is 1.96. The lowest BCUT2D eigenvalue weighted by Gasteiger charge is -2.35. The number of aliphatic carboxylic acids is 1. The van der Waals surface area contributed by atoms with Gasteiger partial charge < -0.3 is 10.2 Å². The highest BCUT2D eigenvalue weighted by atomic mass is 16.4. The quantitative estimate of drug-likeness (QED) is 0.782. The Morgan fingerprint density at radius 1 is 1.19 bits per heavy atom. The summed E-state index contributed by atoms with van der Waals surface area (Å²) in [4.78, 5) is 11.0. The zero-order chi connectivity index (χ0) is 15.3. The van der Waals surface area contributed by atoms with Crippen molar-refractivity contribution in [2.75, 3.05) is 0 Å². The number of rotatable bonds is 6. The van der Waals surface area contributed by atoms with Crippen molar-refractivity contribution in [2.45, 2.75) is 63.9 Å². The van der Waals surface area contributed by atoms with Crippen LogP contribution in [-0.2, 0) is 16.8 Å². The Morgan fingerprint density at radius 3 is 2.33 bits per heavy atom. The zero-order valence-corrected chi connectivity index (χ0v) is 12.8. The van der Waals surface area contributed by atoms with Crippen LogP contribution in [0.1, 0.15) is 63.0 Å². The number of carbonyl (C=O) groups is 1. The summed E-state index contributed by atoms with van der Waals surface area (Å²) in [7, 11) is 0. The predicted molar refractivity (Wildman–Crippen MR) is 83.2 cm³/mol. The average molecular weight is 290 g/mol. The van der Waals surface area contributed by atoms with Crippen molar-refractivity contribution >= 4 is 5.97 Å². The first-order valence-corrected chi connectivity index (χ1v) is 8.10. The smallest absolute Gasteiger partial charge is 0.306 e. The summed E-state index contributed by atoms with van der Waals surface area (Å²) in [6, 6.07) is 8.24. The first-order valence-electron chi connectivity index (χ1n) is 8.10. The maximum absolute atomic E-state index is 11.0. The molecule has 2 N–H and O–H groups in total. The van der Waals surface area contributed by atoms with Gasteiger partial charge in [-0.1, -0.05) is 44.0 Å². The van der Waals surface area contributed by atoms with Crippen LogP contribution in [0.4, 0.5) is 0 Å². The standard InChI is InChI=1S/C18H26O3/c1-2-3-4-5-14-6-8-16(9-7-14)18(21)12-10-15(11-13-18)17(19)20/h6-9,15,21H,2-5,10-13H2,1H3,(H,19,20). The molecule has 0 amide bonds. The lowest BCUT2D eigenvalue weighted by Crippen LogP contribution is -2.33. The van der Waals surface area contributed by atoms with Crippen molar-refractivity contribution in [2.24, 2.45) is 5.92 Å². The number of aliphatic hydroxyl groups is 1. The molecule has 0 aromatic heterocycles. The molecule has 1 fully saturated rings. The molecule has 0 heterocycles. The van der Waals surface area contributed by atoms with E-state index in [9.17, 15) is 9.90 Å². The number of unbranched alkanes of at least 4 members (excludes halogenated alkanes) is 2. The van der Waals surface area contributed by atoms with Crippen LogP contribution in [0.2, 0.25) is 0 Å². The lowest BCUT2D eigenvalue weighted by atomic mass is 9.75. The van der Waals surface area contributed by atoms with Crippen molar-refractivity contribution < 1.29 is 15.0 Å². The molecule has 3 nitrogen and oxygen atoms in total. The van der Waals surface area contributed by atoms with Gasteiger partial charge in [-0.15, -0.1) is 0 Å². The van der Waals surface area contributed by atoms with Crippen LogP contribution in [0.15, 0.2) is 24.3 Å². The minimum atomic E-state index is -0.839. The first-order chi connectivity index (χ1) is 10.0. The van der Waals surface area contributed by atoms with Crippen molar-refractivity contribution in [1.82, 2.24) is 0 Å². The van der Waals surface area contributed by atoms with E-state index in [0.29, 0.717) is 25.7 Å². The van der Waals surface area contributed by atoms with E-state index in [1.54, 1.807) is 0 Å². The number of hydrogen-bond acceptors (Lipinski definition) is 2. The molecule has 2 rings (SSSR count). The summed E-state index contributed by atoms with van der Waals surface area (Å²) < 4.78 is 0. The van der Waals surface area contributed by atoms with Gasteiger partial charge in [-0.25, -0.2) is 0 Å². The molecule has 0 unspecified atom stereocenters. The van der Waals surface area contributed by atoms with Crippen molar-refractivity contribution in [3.63, 3.8) is 0 Å². The van der Waals surface area contributed by atoms with E-state index < -0.39 is 11.6 Å². The fourth-order valence-corrected chi connectivity index (χ4v) is 3.19. The highest BCUT2D eigenvalue weighted by Crippen LogP contribution is 2.39. The number of carboxylic acid groups (broad SMARTS) is 1. The van der Waals surface area contributed by atoms with Crippen molar-refractivity contribution in [1.29, 1.82) is 0 Å². The Bertz CT molecular complexity index is 456. The van der Waals surface area contributed by atoms with E-state index in [1.165, 1.54) is 24.8 Å². The molecular weight excluding hydrogens is 264 g/mol. The third-order valence-electron chi connectivity index (χ3n) is 4.72. The number of benzene rings is 1. The summed E-state index contributed by atoms with van der Waals surface area (Å²) >= 11 is 0. The van der Waals surface area contributed by atoms with E-state index >= 15 is 0 Å². The fourth-order valence-electron chi connectivity index (χ4n) is 3.19. The van der Waals surface area contributed by atoms with Gasteiger partial charge in [0.15, 0.2) is 0 Å². The maximum atomic E-state index is 11.0. The molecular formula is C18H26O3. The number of carboxylic acids is 1. The van der Waals surface area contributed by atoms with Gasteiger partial charge in [0.25, 0.3) is 0 Å². The molecule has 0 atom stereocenters. The summed E-state index contributed by atoms with van der Waals surface area (Å²) in [6.45, 7) is 2.20. The van der Waals surface area contributed by atoms with E-state index in [1.807, 2.05) is 12.1 Å². The number of hydrogen-bond donors (Lipinski definition) is 2. The van der Waals surface area contributed by atoms with Gasteiger partial charge in [-0.3, -0.25) is 4.79 Å². The number of aryl methyl sites for hydroxylation is 1. The first kappa shape index (κ1) is 16.0. The molecule has 3 heteroatoms. The van der Waals surface area contributed by atoms with E-state index in [2.05, 4.69) is 19.1 Å². The van der Waals surface area contributed by atoms with Gasteiger partial charge in [0.1, 0.15) is 0 Å². The molecule has 1 aromatic carbocycles. The summed E-state index contributed by atoms with van der Waals surface area (Å²) in [6.07, 6.45) is 6.98. The maximum Gasteiger partial charge on any atom is 0.306 e. The molecule has 1 saturated carbocycles. The van der Waals surface area contributed by atoms with Crippen molar-refractivity contribution in [3.8, 4) is 0 Å². The highest BCUT2D eigenvalue weighted by molar-refractivity contribution is 5.70. The van der Waals surface area contributed by atoms with Crippen LogP contribution in [0.5, 0.6) is 0 Å².